The fourth-order valence-corrected chi connectivity index (χ4v) is 3.73. The van der Waals surface area contributed by atoms with Crippen LogP contribution in [-0.4, -0.2) is 25.8 Å². The van der Waals surface area contributed by atoms with Gasteiger partial charge in [-0.05, 0) is 25.0 Å². The standard InChI is InChI=1S/C25H39FO4/c1-3-5-7-9-10-12-16-28-24(27)21-14-15-22(23(26)17-21)25-29-18-20(19-30-25)13-11-8-6-4-2/h14-15,17,20,25H,3-13,16,18-19H2,1-2H3. The molecule has 0 atom stereocenters. The monoisotopic (exact) mass is 422 g/mol. The number of esters is 1. The highest BCUT2D eigenvalue weighted by Gasteiger charge is 2.26. The molecule has 0 radical (unpaired) electrons. The molecule has 5 heteroatoms. The van der Waals surface area contributed by atoms with Crippen molar-refractivity contribution in [3.63, 3.8) is 0 Å². The van der Waals surface area contributed by atoms with Crippen molar-refractivity contribution in [2.24, 2.45) is 5.92 Å². The van der Waals surface area contributed by atoms with Gasteiger partial charge in [-0.1, -0.05) is 77.7 Å². The Bertz CT molecular complexity index is 611. The summed E-state index contributed by atoms with van der Waals surface area (Å²) in [6.45, 7) is 5.93. The van der Waals surface area contributed by atoms with Gasteiger partial charge in [0.15, 0.2) is 6.29 Å². The number of halogens is 1. The smallest absolute Gasteiger partial charge is 0.338 e. The maximum absolute atomic E-state index is 14.6. The van der Waals surface area contributed by atoms with Crippen LogP contribution in [0.5, 0.6) is 0 Å². The fourth-order valence-electron chi connectivity index (χ4n) is 3.73. The van der Waals surface area contributed by atoms with Crippen LogP contribution in [0.1, 0.15) is 107 Å². The van der Waals surface area contributed by atoms with E-state index < -0.39 is 18.1 Å². The first-order chi connectivity index (χ1) is 14.7. The lowest BCUT2D eigenvalue weighted by Gasteiger charge is -2.30. The molecule has 170 valence electrons. The topological polar surface area (TPSA) is 44.8 Å². The second-order valence-corrected chi connectivity index (χ2v) is 8.35. The number of ether oxygens (including phenoxy) is 3. The molecule has 0 aliphatic carbocycles. The van der Waals surface area contributed by atoms with Crippen LogP contribution in [-0.2, 0) is 14.2 Å². The minimum Gasteiger partial charge on any atom is -0.462 e. The van der Waals surface area contributed by atoms with E-state index in [0.29, 0.717) is 31.3 Å². The van der Waals surface area contributed by atoms with Gasteiger partial charge >= 0.3 is 5.97 Å². The van der Waals surface area contributed by atoms with Gasteiger partial charge in [-0.3, -0.25) is 0 Å². The van der Waals surface area contributed by atoms with Crippen LogP contribution in [0.15, 0.2) is 18.2 Å². The Balaban J connectivity index is 1.72. The van der Waals surface area contributed by atoms with Crippen LogP contribution >= 0.6 is 0 Å². The van der Waals surface area contributed by atoms with Crippen molar-refractivity contribution in [2.75, 3.05) is 19.8 Å². The van der Waals surface area contributed by atoms with Gasteiger partial charge < -0.3 is 14.2 Å². The van der Waals surface area contributed by atoms with E-state index in [-0.39, 0.29) is 5.56 Å². The molecule has 0 bridgehead atoms. The highest BCUT2D eigenvalue weighted by Crippen LogP contribution is 2.29. The maximum atomic E-state index is 14.6. The number of carbonyl (C=O) groups is 1. The average molecular weight is 423 g/mol. The van der Waals surface area contributed by atoms with Gasteiger partial charge in [0.1, 0.15) is 5.82 Å². The lowest BCUT2D eigenvalue weighted by Crippen LogP contribution is -2.27. The maximum Gasteiger partial charge on any atom is 0.338 e. The molecular weight excluding hydrogens is 383 g/mol. The molecule has 1 aromatic rings. The summed E-state index contributed by atoms with van der Waals surface area (Å²) in [6, 6.07) is 4.39. The zero-order chi connectivity index (χ0) is 21.6. The molecule has 1 aromatic carbocycles. The van der Waals surface area contributed by atoms with Crippen molar-refractivity contribution >= 4 is 5.97 Å². The Morgan fingerprint density at radius 1 is 0.967 bits per heavy atom. The van der Waals surface area contributed by atoms with Gasteiger partial charge in [0, 0.05) is 11.5 Å². The second-order valence-electron chi connectivity index (χ2n) is 8.35. The van der Waals surface area contributed by atoms with Crippen molar-refractivity contribution in [1.29, 1.82) is 0 Å². The van der Waals surface area contributed by atoms with Gasteiger partial charge in [0.2, 0.25) is 0 Å². The van der Waals surface area contributed by atoms with Gasteiger partial charge in [0.05, 0.1) is 25.4 Å². The van der Waals surface area contributed by atoms with Crippen molar-refractivity contribution in [3.05, 3.63) is 35.1 Å². The molecule has 0 N–H and O–H groups in total. The van der Waals surface area contributed by atoms with E-state index in [2.05, 4.69) is 13.8 Å². The summed E-state index contributed by atoms with van der Waals surface area (Å²) in [5.41, 5.74) is 0.568. The molecule has 0 aromatic heterocycles. The third kappa shape index (κ3) is 8.73. The zero-order valence-corrected chi connectivity index (χ0v) is 18.8. The summed E-state index contributed by atoms with van der Waals surface area (Å²) in [6.07, 6.45) is 12.0. The summed E-state index contributed by atoms with van der Waals surface area (Å²) in [7, 11) is 0. The van der Waals surface area contributed by atoms with E-state index in [1.807, 2.05) is 0 Å². The van der Waals surface area contributed by atoms with Crippen LogP contribution in [0.4, 0.5) is 4.39 Å². The molecule has 30 heavy (non-hydrogen) atoms. The number of benzene rings is 1. The van der Waals surface area contributed by atoms with E-state index in [1.165, 1.54) is 51.0 Å². The third-order valence-electron chi connectivity index (χ3n) is 5.65. The van der Waals surface area contributed by atoms with Gasteiger partial charge in [-0.2, -0.15) is 0 Å². The summed E-state index contributed by atoms with van der Waals surface area (Å²) in [5.74, 6) is -0.598. The quantitative estimate of drug-likeness (QED) is 0.240. The molecular formula is C25H39FO4. The summed E-state index contributed by atoms with van der Waals surface area (Å²) in [5, 5.41) is 0. The van der Waals surface area contributed by atoms with E-state index in [0.717, 1.165) is 25.7 Å². The molecule has 1 aliphatic rings. The van der Waals surface area contributed by atoms with Crippen LogP contribution < -0.4 is 0 Å². The Hall–Kier alpha value is -1.46. The van der Waals surface area contributed by atoms with Gasteiger partial charge in [0.25, 0.3) is 0 Å². The predicted octanol–water partition coefficient (Wildman–Crippen LogP) is 6.98. The molecule has 0 unspecified atom stereocenters. The Kier molecular flexibility index (Phi) is 12.0. The highest BCUT2D eigenvalue weighted by atomic mass is 19.1. The molecule has 1 saturated heterocycles. The normalized spacial score (nSPS) is 19.0. The molecule has 1 heterocycles. The van der Waals surface area contributed by atoms with E-state index in [4.69, 9.17) is 14.2 Å². The molecule has 1 fully saturated rings. The first kappa shape index (κ1) is 24.8. The van der Waals surface area contributed by atoms with Crippen molar-refractivity contribution in [2.45, 2.75) is 90.8 Å². The average Bonchev–Trinajstić information content (AvgIpc) is 2.76. The van der Waals surface area contributed by atoms with Crippen LogP contribution in [0, 0.1) is 11.7 Å². The van der Waals surface area contributed by atoms with Crippen molar-refractivity contribution in [3.8, 4) is 0 Å². The van der Waals surface area contributed by atoms with E-state index in [1.54, 1.807) is 12.1 Å². The first-order valence-corrected chi connectivity index (χ1v) is 11.9. The summed E-state index contributed by atoms with van der Waals surface area (Å²) >= 11 is 0. The van der Waals surface area contributed by atoms with Gasteiger partial charge in [-0.15, -0.1) is 0 Å². The largest absolute Gasteiger partial charge is 0.462 e. The Labute approximate surface area is 181 Å². The first-order valence-electron chi connectivity index (χ1n) is 11.9. The minimum absolute atomic E-state index is 0.229. The minimum atomic E-state index is -0.704. The fraction of sp³-hybridized carbons (Fsp3) is 0.720. The molecule has 2 rings (SSSR count). The number of hydrogen-bond acceptors (Lipinski definition) is 4. The Morgan fingerprint density at radius 3 is 2.27 bits per heavy atom. The molecule has 0 saturated carbocycles. The number of unbranched alkanes of at least 4 members (excludes halogenated alkanes) is 8. The van der Waals surface area contributed by atoms with E-state index >= 15 is 0 Å². The van der Waals surface area contributed by atoms with Gasteiger partial charge in [-0.25, -0.2) is 9.18 Å². The lowest BCUT2D eigenvalue weighted by molar-refractivity contribution is -0.207. The summed E-state index contributed by atoms with van der Waals surface area (Å²) < 4.78 is 31.4. The zero-order valence-electron chi connectivity index (χ0n) is 18.8. The number of carbonyl (C=O) groups excluding carboxylic acids is 1. The SMILES string of the molecule is CCCCCCCCOC(=O)c1ccc(C2OCC(CCCCCC)CO2)c(F)c1. The third-order valence-corrected chi connectivity index (χ3v) is 5.65. The Morgan fingerprint density at radius 2 is 1.60 bits per heavy atom. The highest BCUT2D eigenvalue weighted by molar-refractivity contribution is 5.89. The second kappa shape index (κ2) is 14.5. The van der Waals surface area contributed by atoms with Crippen LogP contribution in [0.3, 0.4) is 0 Å². The van der Waals surface area contributed by atoms with Crippen molar-refractivity contribution in [1.82, 2.24) is 0 Å². The molecule has 1 aliphatic heterocycles. The number of hydrogen-bond donors (Lipinski definition) is 0. The molecule has 4 nitrogen and oxygen atoms in total. The van der Waals surface area contributed by atoms with Crippen molar-refractivity contribution < 1.29 is 23.4 Å². The molecule has 0 spiro atoms. The van der Waals surface area contributed by atoms with Crippen LogP contribution in [0.2, 0.25) is 0 Å². The predicted molar refractivity (Wildman–Crippen MR) is 117 cm³/mol. The number of rotatable bonds is 14. The summed E-state index contributed by atoms with van der Waals surface area (Å²) in [4.78, 5) is 12.2. The molecule has 0 amide bonds. The van der Waals surface area contributed by atoms with Crippen LogP contribution in [0.25, 0.3) is 0 Å². The van der Waals surface area contributed by atoms with E-state index in [9.17, 15) is 9.18 Å². The lowest BCUT2D eigenvalue weighted by atomic mass is 10.0.